The van der Waals surface area contributed by atoms with E-state index in [1.807, 2.05) is 18.7 Å². The molecule has 0 aliphatic carbocycles. The molecular formula is C10H20N6O2. The van der Waals surface area contributed by atoms with Crippen molar-refractivity contribution in [2.75, 3.05) is 36.6 Å². The van der Waals surface area contributed by atoms with Crippen molar-refractivity contribution in [3.63, 3.8) is 0 Å². The SMILES string of the molecule is CCN(CC)c1nc(NN)nc(OCCCO)n1. The van der Waals surface area contributed by atoms with E-state index in [9.17, 15) is 0 Å². The molecule has 1 aromatic heterocycles. The number of hydrogen-bond donors (Lipinski definition) is 3. The van der Waals surface area contributed by atoms with Gasteiger partial charge in [-0.3, -0.25) is 5.43 Å². The molecular weight excluding hydrogens is 236 g/mol. The van der Waals surface area contributed by atoms with Crippen LogP contribution in [-0.2, 0) is 0 Å². The lowest BCUT2D eigenvalue weighted by Gasteiger charge is -2.19. The molecule has 1 rings (SSSR count). The van der Waals surface area contributed by atoms with Gasteiger partial charge in [-0.05, 0) is 13.8 Å². The fourth-order valence-electron chi connectivity index (χ4n) is 1.35. The molecule has 0 fully saturated rings. The molecule has 0 atom stereocenters. The van der Waals surface area contributed by atoms with Gasteiger partial charge < -0.3 is 14.7 Å². The van der Waals surface area contributed by atoms with Crippen LogP contribution in [0.25, 0.3) is 0 Å². The fraction of sp³-hybridized carbons (Fsp3) is 0.700. The van der Waals surface area contributed by atoms with Crippen LogP contribution in [-0.4, -0.2) is 46.4 Å². The van der Waals surface area contributed by atoms with Gasteiger partial charge in [0.25, 0.3) is 0 Å². The van der Waals surface area contributed by atoms with Gasteiger partial charge in [-0.15, -0.1) is 0 Å². The molecule has 8 nitrogen and oxygen atoms in total. The van der Waals surface area contributed by atoms with Crippen molar-refractivity contribution in [3.05, 3.63) is 0 Å². The Labute approximate surface area is 106 Å². The predicted octanol–water partition coefficient (Wildman–Crippen LogP) is -0.235. The lowest BCUT2D eigenvalue weighted by atomic mass is 10.5. The van der Waals surface area contributed by atoms with Gasteiger partial charge in [-0.25, -0.2) is 5.84 Å². The van der Waals surface area contributed by atoms with E-state index in [1.165, 1.54) is 0 Å². The van der Waals surface area contributed by atoms with Gasteiger partial charge >= 0.3 is 6.01 Å². The maximum atomic E-state index is 8.69. The maximum Gasteiger partial charge on any atom is 0.323 e. The quantitative estimate of drug-likeness (QED) is 0.332. The zero-order valence-electron chi connectivity index (χ0n) is 10.8. The molecule has 4 N–H and O–H groups in total. The Balaban J connectivity index is 2.86. The summed E-state index contributed by atoms with van der Waals surface area (Å²) in [5.41, 5.74) is 2.38. The van der Waals surface area contributed by atoms with Crippen molar-refractivity contribution >= 4 is 11.9 Å². The van der Waals surface area contributed by atoms with E-state index in [4.69, 9.17) is 15.7 Å². The van der Waals surface area contributed by atoms with E-state index < -0.39 is 0 Å². The zero-order valence-corrected chi connectivity index (χ0v) is 10.8. The van der Waals surface area contributed by atoms with Gasteiger partial charge in [0.2, 0.25) is 11.9 Å². The lowest BCUT2D eigenvalue weighted by Crippen LogP contribution is -2.25. The van der Waals surface area contributed by atoms with Crippen molar-refractivity contribution < 1.29 is 9.84 Å². The smallest absolute Gasteiger partial charge is 0.323 e. The summed E-state index contributed by atoms with van der Waals surface area (Å²) >= 11 is 0. The summed E-state index contributed by atoms with van der Waals surface area (Å²) in [5, 5.41) is 8.69. The van der Waals surface area contributed by atoms with E-state index in [0.29, 0.717) is 19.0 Å². The van der Waals surface area contributed by atoms with Crippen LogP contribution in [0.1, 0.15) is 20.3 Å². The molecule has 0 radical (unpaired) electrons. The van der Waals surface area contributed by atoms with E-state index in [2.05, 4.69) is 20.4 Å². The highest BCUT2D eigenvalue weighted by Crippen LogP contribution is 2.14. The molecule has 0 aliphatic heterocycles. The largest absolute Gasteiger partial charge is 0.463 e. The van der Waals surface area contributed by atoms with Crippen LogP contribution < -0.4 is 20.9 Å². The number of ether oxygens (including phenoxy) is 1. The minimum Gasteiger partial charge on any atom is -0.463 e. The van der Waals surface area contributed by atoms with Gasteiger partial charge in [-0.2, -0.15) is 15.0 Å². The Morgan fingerprint density at radius 3 is 2.56 bits per heavy atom. The summed E-state index contributed by atoms with van der Waals surface area (Å²) < 4.78 is 5.32. The predicted molar refractivity (Wildman–Crippen MR) is 68.4 cm³/mol. The van der Waals surface area contributed by atoms with Crippen LogP contribution in [0.4, 0.5) is 11.9 Å². The van der Waals surface area contributed by atoms with Crippen molar-refractivity contribution in [2.45, 2.75) is 20.3 Å². The second-order valence-electron chi connectivity index (χ2n) is 3.48. The standard InChI is InChI=1S/C10H20N6O2/c1-3-16(4-2)9-12-8(15-11)13-10(14-9)18-7-5-6-17/h17H,3-7,11H2,1-2H3,(H,12,13,14,15). The molecule has 1 aromatic rings. The highest BCUT2D eigenvalue weighted by atomic mass is 16.5. The van der Waals surface area contributed by atoms with Gasteiger partial charge in [0.05, 0.1) is 6.61 Å². The molecule has 0 saturated carbocycles. The number of hydrazine groups is 1. The van der Waals surface area contributed by atoms with Crippen LogP contribution in [0.2, 0.25) is 0 Å². The molecule has 102 valence electrons. The van der Waals surface area contributed by atoms with Crippen molar-refractivity contribution in [2.24, 2.45) is 5.84 Å². The van der Waals surface area contributed by atoms with E-state index in [1.54, 1.807) is 0 Å². The third-order valence-corrected chi connectivity index (χ3v) is 2.31. The first-order valence-corrected chi connectivity index (χ1v) is 5.96. The molecule has 0 saturated heterocycles. The second-order valence-corrected chi connectivity index (χ2v) is 3.48. The maximum absolute atomic E-state index is 8.69. The summed E-state index contributed by atoms with van der Waals surface area (Å²) in [6.07, 6.45) is 0.525. The van der Waals surface area contributed by atoms with Gasteiger partial charge in [0, 0.05) is 26.1 Å². The van der Waals surface area contributed by atoms with Gasteiger partial charge in [-0.1, -0.05) is 0 Å². The third-order valence-electron chi connectivity index (χ3n) is 2.31. The topological polar surface area (TPSA) is 109 Å². The highest BCUT2D eigenvalue weighted by molar-refractivity contribution is 5.37. The molecule has 1 heterocycles. The van der Waals surface area contributed by atoms with Crippen molar-refractivity contribution in [1.82, 2.24) is 15.0 Å². The molecule has 8 heteroatoms. The number of nitrogen functional groups attached to an aromatic ring is 1. The van der Waals surface area contributed by atoms with E-state index >= 15 is 0 Å². The highest BCUT2D eigenvalue weighted by Gasteiger charge is 2.11. The Kier molecular flexibility index (Phi) is 6.09. The summed E-state index contributed by atoms with van der Waals surface area (Å²) in [7, 11) is 0. The number of nitrogens with zero attached hydrogens (tertiary/aromatic N) is 4. The third kappa shape index (κ3) is 3.97. The van der Waals surface area contributed by atoms with Crippen LogP contribution in [0, 0.1) is 0 Å². The second kappa shape index (κ2) is 7.62. The molecule has 0 unspecified atom stereocenters. The number of hydrogen-bond acceptors (Lipinski definition) is 8. The summed E-state index contributed by atoms with van der Waals surface area (Å²) in [6, 6.07) is 0.202. The van der Waals surface area contributed by atoms with Gasteiger partial charge in [0.15, 0.2) is 0 Å². The average molecular weight is 256 g/mol. The minimum atomic E-state index is 0.0655. The summed E-state index contributed by atoms with van der Waals surface area (Å²) in [5.74, 6) is 6.08. The number of aromatic nitrogens is 3. The molecule has 0 aromatic carbocycles. The summed E-state index contributed by atoms with van der Waals surface area (Å²) in [4.78, 5) is 14.3. The first-order chi connectivity index (χ1) is 8.74. The Morgan fingerprint density at radius 1 is 1.28 bits per heavy atom. The first kappa shape index (κ1) is 14.4. The average Bonchev–Trinajstić information content (AvgIpc) is 2.40. The number of nitrogens with two attached hydrogens (primary N) is 1. The summed E-state index contributed by atoms with van der Waals surface area (Å²) in [6.45, 7) is 5.99. The van der Waals surface area contributed by atoms with Crippen LogP contribution in [0.15, 0.2) is 0 Å². The van der Waals surface area contributed by atoms with Crippen molar-refractivity contribution in [1.29, 1.82) is 0 Å². The molecule has 0 aliphatic rings. The van der Waals surface area contributed by atoms with E-state index in [-0.39, 0.29) is 18.6 Å². The normalized spacial score (nSPS) is 10.2. The van der Waals surface area contributed by atoms with Crippen LogP contribution >= 0.6 is 0 Å². The van der Waals surface area contributed by atoms with Crippen LogP contribution in [0.5, 0.6) is 6.01 Å². The molecule has 18 heavy (non-hydrogen) atoms. The molecule has 0 spiro atoms. The molecule has 0 bridgehead atoms. The number of nitrogens with one attached hydrogen (secondary N) is 1. The number of aliphatic hydroxyl groups excluding tert-OH is 1. The number of anilines is 2. The van der Waals surface area contributed by atoms with E-state index in [0.717, 1.165) is 13.1 Å². The Morgan fingerprint density at radius 2 is 2.00 bits per heavy atom. The Hall–Kier alpha value is -1.67. The minimum absolute atomic E-state index is 0.0655. The monoisotopic (exact) mass is 256 g/mol. The zero-order chi connectivity index (χ0) is 13.4. The lowest BCUT2D eigenvalue weighted by molar-refractivity contribution is 0.224. The molecule has 0 amide bonds. The van der Waals surface area contributed by atoms with Gasteiger partial charge in [0.1, 0.15) is 0 Å². The van der Waals surface area contributed by atoms with Crippen molar-refractivity contribution in [3.8, 4) is 6.01 Å². The Bertz CT molecular complexity index is 358. The first-order valence-electron chi connectivity index (χ1n) is 5.96. The number of aliphatic hydroxyl groups is 1. The number of rotatable bonds is 8. The fourth-order valence-corrected chi connectivity index (χ4v) is 1.35. The van der Waals surface area contributed by atoms with Crippen LogP contribution in [0.3, 0.4) is 0 Å².